The number of thiophene rings is 1. The molecule has 2 saturated carbocycles. The summed E-state index contributed by atoms with van der Waals surface area (Å²) in [5.41, 5.74) is -1.51. The van der Waals surface area contributed by atoms with Crippen molar-refractivity contribution in [2.75, 3.05) is 13.2 Å². The SMILES string of the molecule is C=CC1CC1(NC(=O)C1CC(Oc2cc(OCC)nc3ccsc23)CN1C(=O)C(NC(=O)OC1CCCC1)C(C)(C)C)C(=O)O. The van der Waals surface area contributed by atoms with Crippen LogP contribution in [0.2, 0.25) is 0 Å². The molecular weight excluding hydrogens is 600 g/mol. The quantitative estimate of drug-likeness (QED) is 0.305. The van der Waals surface area contributed by atoms with Crippen LogP contribution in [-0.4, -0.2) is 81.8 Å². The Labute approximate surface area is 266 Å². The minimum Gasteiger partial charge on any atom is -0.487 e. The van der Waals surface area contributed by atoms with Crippen molar-refractivity contribution < 1.29 is 38.5 Å². The number of aliphatic carboxylic acids is 1. The standard InChI is InChI=1S/C32H42N4O8S/c1-6-18-16-32(18,29(39)40)35-27(37)22-14-20(43-23-15-24(42-7-2)33-21-12-13-45-25(21)23)17-36(22)28(38)26(31(3,4)5)34-30(41)44-19-10-8-9-11-19/h6,12-13,15,18-20,22,26H,1,7-11,14,16-17H2,2-5H3,(H,34,41)(H,35,37)(H,39,40). The van der Waals surface area contributed by atoms with E-state index in [9.17, 15) is 24.3 Å². The first-order valence-corrected chi connectivity index (χ1v) is 16.4. The lowest BCUT2D eigenvalue weighted by Gasteiger charge is -2.35. The smallest absolute Gasteiger partial charge is 0.408 e. The molecule has 5 unspecified atom stereocenters. The van der Waals surface area contributed by atoms with Crippen LogP contribution >= 0.6 is 11.3 Å². The second kappa shape index (κ2) is 12.9. The lowest BCUT2D eigenvalue weighted by molar-refractivity contribution is -0.146. The fourth-order valence-corrected chi connectivity index (χ4v) is 7.00. The number of carboxylic acids is 1. The van der Waals surface area contributed by atoms with Crippen molar-refractivity contribution in [1.29, 1.82) is 0 Å². The number of carboxylic acid groups (broad SMARTS) is 1. The number of carbonyl (C=O) groups is 4. The Bertz CT molecular complexity index is 1460. The molecule has 2 aliphatic carbocycles. The van der Waals surface area contributed by atoms with Crippen molar-refractivity contribution in [3.8, 4) is 11.6 Å². The van der Waals surface area contributed by atoms with Crippen molar-refractivity contribution in [3.63, 3.8) is 0 Å². The molecule has 2 aromatic heterocycles. The van der Waals surface area contributed by atoms with E-state index in [1.165, 1.54) is 22.3 Å². The van der Waals surface area contributed by atoms with Gasteiger partial charge < -0.3 is 34.9 Å². The molecule has 5 rings (SSSR count). The lowest BCUT2D eigenvalue weighted by atomic mass is 9.85. The number of carbonyl (C=O) groups excluding carboxylic acids is 3. The fourth-order valence-electron chi connectivity index (χ4n) is 6.21. The van der Waals surface area contributed by atoms with Gasteiger partial charge in [0, 0.05) is 18.4 Å². The highest BCUT2D eigenvalue weighted by atomic mass is 32.1. The second-order valence-corrected chi connectivity index (χ2v) is 14.0. The van der Waals surface area contributed by atoms with E-state index in [1.54, 1.807) is 6.07 Å². The van der Waals surface area contributed by atoms with Crippen LogP contribution in [0, 0.1) is 11.3 Å². The van der Waals surface area contributed by atoms with Crippen LogP contribution in [0.5, 0.6) is 11.6 Å². The van der Waals surface area contributed by atoms with E-state index in [-0.39, 0.29) is 25.5 Å². The van der Waals surface area contributed by atoms with Crippen LogP contribution in [0.4, 0.5) is 4.79 Å². The zero-order chi connectivity index (χ0) is 32.5. The van der Waals surface area contributed by atoms with E-state index in [4.69, 9.17) is 14.2 Å². The van der Waals surface area contributed by atoms with Gasteiger partial charge in [-0.05, 0) is 55.9 Å². The van der Waals surface area contributed by atoms with Gasteiger partial charge in [0.05, 0.1) is 23.4 Å². The van der Waals surface area contributed by atoms with Gasteiger partial charge in [-0.15, -0.1) is 17.9 Å². The molecule has 0 aromatic carbocycles. The average molecular weight is 643 g/mol. The largest absolute Gasteiger partial charge is 0.487 e. The molecule has 13 heteroatoms. The molecule has 1 saturated heterocycles. The van der Waals surface area contributed by atoms with Crippen LogP contribution in [0.1, 0.15) is 66.2 Å². The number of ether oxygens (including phenoxy) is 3. The maximum absolute atomic E-state index is 14.3. The summed E-state index contributed by atoms with van der Waals surface area (Å²) in [6.07, 6.45) is 3.87. The first kappa shape index (κ1) is 32.5. The predicted octanol–water partition coefficient (Wildman–Crippen LogP) is 4.27. The molecule has 2 aromatic rings. The van der Waals surface area contributed by atoms with Crippen molar-refractivity contribution in [2.24, 2.45) is 11.3 Å². The number of pyridine rings is 1. The highest BCUT2D eigenvalue weighted by Gasteiger charge is 2.61. The summed E-state index contributed by atoms with van der Waals surface area (Å²) in [5, 5.41) is 17.3. The van der Waals surface area contributed by atoms with Crippen molar-refractivity contribution in [3.05, 3.63) is 30.2 Å². The Hall–Kier alpha value is -3.87. The molecule has 3 N–H and O–H groups in total. The number of hydrogen-bond acceptors (Lipinski definition) is 9. The van der Waals surface area contributed by atoms with E-state index in [0.717, 1.165) is 30.4 Å². The summed E-state index contributed by atoms with van der Waals surface area (Å²) in [7, 11) is 0. The monoisotopic (exact) mass is 642 g/mol. The maximum atomic E-state index is 14.3. The fraction of sp³-hybridized carbons (Fsp3) is 0.594. The minimum atomic E-state index is -1.47. The molecule has 3 heterocycles. The number of hydrogen-bond donors (Lipinski definition) is 3. The molecule has 12 nitrogen and oxygen atoms in total. The number of alkyl carbamates (subject to hydrolysis) is 1. The number of rotatable bonds is 11. The summed E-state index contributed by atoms with van der Waals surface area (Å²) in [6, 6.07) is 1.48. The second-order valence-electron chi connectivity index (χ2n) is 13.1. The van der Waals surface area contributed by atoms with Gasteiger partial charge in [0.2, 0.25) is 17.7 Å². The Balaban J connectivity index is 1.41. The molecule has 45 heavy (non-hydrogen) atoms. The van der Waals surface area contributed by atoms with Gasteiger partial charge in [-0.25, -0.2) is 14.6 Å². The van der Waals surface area contributed by atoms with Crippen LogP contribution in [0.3, 0.4) is 0 Å². The van der Waals surface area contributed by atoms with Crippen molar-refractivity contribution in [2.45, 2.75) is 96.1 Å². The first-order valence-electron chi connectivity index (χ1n) is 15.5. The van der Waals surface area contributed by atoms with Crippen LogP contribution in [0.25, 0.3) is 10.2 Å². The molecule has 3 fully saturated rings. The van der Waals surface area contributed by atoms with Crippen molar-refractivity contribution >= 4 is 45.4 Å². The number of likely N-dealkylation sites (tertiary alicyclic amines) is 1. The Morgan fingerprint density at radius 2 is 1.98 bits per heavy atom. The summed E-state index contributed by atoms with van der Waals surface area (Å²) in [4.78, 5) is 59.1. The van der Waals surface area contributed by atoms with Crippen LogP contribution < -0.4 is 20.1 Å². The van der Waals surface area contributed by atoms with E-state index >= 15 is 0 Å². The first-order chi connectivity index (χ1) is 21.4. The Morgan fingerprint density at radius 3 is 2.60 bits per heavy atom. The summed E-state index contributed by atoms with van der Waals surface area (Å²) >= 11 is 1.45. The number of nitrogens with one attached hydrogen (secondary N) is 2. The lowest BCUT2D eigenvalue weighted by Crippen LogP contribution is -2.59. The number of fused-ring (bicyclic) bond motifs is 1. The van der Waals surface area contributed by atoms with Gasteiger partial charge in [0.25, 0.3) is 0 Å². The third-order valence-electron chi connectivity index (χ3n) is 8.77. The average Bonchev–Trinajstić information content (AvgIpc) is 3.41. The highest BCUT2D eigenvalue weighted by Crippen LogP contribution is 2.45. The number of nitrogens with zero attached hydrogens (tertiary/aromatic N) is 2. The molecule has 0 bridgehead atoms. The van der Waals surface area contributed by atoms with E-state index in [0.29, 0.717) is 23.8 Å². The number of amides is 3. The molecule has 244 valence electrons. The summed E-state index contributed by atoms with van der Waals surface area (Å²) in [5.74, 6) is -1.76. The highest BCUT2D eigenvalue weighted by molar-refractivity contribution is 7.17. The topological polar surface area (TPSA) is 156 Å². The summed E-state index contributed by atoms with van der Waals surface area (Å²) < 4.78 is 18.5. The molecule has 0 radical (unpaired) electrons. The molecular formula is C32H42N4O8S. The summed E-state index contributed by atoms with van der Waals surface area (Å²) in [6.45, 7) is 11.5. The number of aromatic nitrogens is 1. The van der Waals surface area contributed by atoms with Gasteiger partial charge in [0.15, 0.2) is 0 Å². The minimum absolute atomic E-state index is 0.0347. The zero-order valence-corrected chi connectivity index (χ0v) is 27.0. The Morgan fingerprint density at radius 1 is 1.24 bits per heavy atom. The van der Waals surface area contributed by atoms with Gasteiger partial charge >= 0.3 is 12.1 Å². The molecule has 5 atom stereocenters. The van der Waals surface area contributed by atoms with E-state index < -0.39 is 58.9 Å². The third kappa shape index (κ3) is 6.87. The van der Waals surface area contributed by atoms with Crippen molar-refractivity contribution in [1.82, 2.24) is 20.5 Å². The molecule has 3 aliphatic rings. The van der Waals surface area contributed by atoms with Crippen LogP contribution in [0.15, 0.2) is 30.2 Å². The van der Waals surface area contributed by atoms with Gasteiger partial charge in [0.1, 0.15) is 35.6 Å². The van der Waals surface area contributed by atoms with Gasteiger partial charge in [-0.3, -0.25) is 9.59 Å². The van der Waals surface area contributed by atoms with Gasteiger partial charge in [-0.2, -0.15) is 0 Å². The molecule has 3 amide bonds. The Kier molecular flexibility index (Phi) is 9.29. The van der Waals surface area contributed by atoms with Gasteiger partial charge in [-0.1, -0.05) is 26.8 Å². The molecule has 0 spiro atoms. The maximum Gasteiger partial charge on any atom is 0.408 e. The molecule has 1 aliphatic heterocycles. The van der Waals surface area contributed by atoms with E-state index in [2.05, 4.69) is 22.2 Å². The van der Waals surface area contributed by atoms with Crippen LogP contribution in [-0.2, 0) is 19.1 Å². The third-order valence-corrected chi connectivity index (χ3v) is 9.68. The zero-order valence-electron chi connectivity index (χ0n) is 26.2. The van der Waals surface area contributed by atoms with E-state index in [1.807, 2.05) is 39.1 Å². The normalized spacial score (nSPS) is 25.4. The predicted molar refractivity (Wildman–Crippen MR) is 167 cm³/mol.